The monoisotopic (exact) mass is 350 g/mol. The number of fused-ring (bicyclic) bond motifs is 1. The number of aliphatic imine (C=N–C) groups is 1. The van der Waals surface area contributed by atoms with Crippen LogP contribution in [0, 0.1) is 19.7 Å². The lowest BCUT2D eigenvalue weighted by molar-refractivity contribution is 0.290. The van der Waals surface area contributed by atoms with Gasteiger partial charge in [0.1, 0.15) is 5.82 Å². The van der Waals surface area contributed by atoms with E-state index in [0.717, 1.165) is 16.8 Å². The van der Waals surface area contributed by atoms with Crippen LogP contribution in [-0.2, 0) is 5.54 Å². The first-order chi connectivity index (χ1) is 12.4. The fourth-order valence-corrected chi connectivity index (χ4v) is 4.66. The Kier molecular flexibility index (Phi) is 4.13. The minimum atomic E-state index is -0.353. The van der Waals surface area contributed by atoms with Crippen molar-refractivity contribution in [3.05, 3.63) is 64.0 Å². The van der Waals surface area contributed by atoms with Gasteiger partial charge in [0, 0.05) is 12.6 Å². The predicted octanol–water partition coefficient (Wildman–Crippen LogP) is 5.97. The SMILES string of the molecule is Cc1cc(C2(C)c3cc(C4CCCC4)ccc3N=CN2C)c(C)cc1F. The lowest BCUT2D eigenvalue weighted by atomic mass is 9.77. The maximum absolute atomic E-state index is 14.1. The van der Waals surface area contributed by atoms with E-state index in [2.05, 4.69) is 42.1 Å². The molecule has 1 fully saturated rings. The summed E-state index contributed by atoms with van der Waals surface area (Å²) in [5.74, 6) is 0.527. The van der Waals surface area contributed by atoms with Gasteiger partial charge in [-0.25, -0.2) is 9.38 Å². The van der Waals surface area contributed by atoms with Gasteiger partial charge in [-0.2, -0.15) is 0 Å². The van der Waals surface area contributed by atoms with Crippen molar-refractivity contribution in [2.75, 3.05) is 7.05 Å². The number of aryl methyl sites for hydroxylation is 2. The molecule has 0 aromatic heterocycles. The molecule has 1 saturated carbocycles. The van der Waals surface area contributed by atoms with E-state index in [9.17, 15) is 4.39 Å². The van der Waals surface area contributed by atoms with E-state index < -0.39 is 0 Å². The molecule has 1 aliphatic heterocycles. The van der Waals surface area contributed by atoms with Crippen LogP contribution in [0.5, 0.6) is 0 Å². The summed E-state index contributed by atoms with van der Waals surface area (Å²) in [4.78, 5) is 6.82. The second-order valence-corrected chi connectivity index (χ2v) is 8.10. The maximum Gasteiger partial charge on any atom is 0.126 e. The zero-order valence-electron chi connectivity index (χ0n) is 16.1. The highest BCUT2D eigenvalue weighted by molar-refractivity contribution is 5.72. The lowest BCUT2D eigenvalue weighted by Gasteiger charge is -2.43. The molecule has 1 unspecified atom stereocenters. The Morgan fingerprint density at radius 1 is 1.04 bits per heavy atom. The van der Waals surface area contributed by atoms with Crippen molar-refractivity contribution in [2.45, 2.75) is 57.9 Å². The van der Waals surface area contributed by atoms with Crippen LogP contribution in [-0.4, -0.2) is 18.3 Å². The first-order valence-electron chi connectivity index (χ1n) is 9.60. The summed E-state index contributed by atoms with van der Waals surface area (Å²) in [5.41, 5.74) is 6.14. The van der Waals surface area contributed by atoms with E-state index in [1.165, 1.54) is 36.8 Å². The minimum Gasteiger partial charge on any atom is -0.352 e. The van der Waals surface area contributed by atoms with Crippen molar-refractivity contribution in [3.63, 3.8) is 0 Å². The Labute approximate surface area is 155 Å². The van der Waals surface area contributed by atoms with Crippen LogP contribution in [0.1, 0.15) is 66.3 Å². The van der Waals surface area contributed by atoms with Crippen LogP contribution in [0.2, 0.25) is 0 Å². The molecule has 0 spiro atoms. The van der Waals surface area contributed by atoms with Crippen LogP contribution in [0.3, 0.4) is 0 Å². The van der Waals surface area contributed by atoms with Gasteiger partial charge in [-0.3, -0.25) is 0 Å². The summed E-state index contributed by atoms with van der Waals surface area (Å²) in [6.07, 6.45) is 7.11. The average molecular weight is 350 g/mol. The predicted molar refractivity (Wildman–Crippen MR) is 106 cm³/mol. The zero-order valence-corrected chi connectivity index (χ0v) is 16.1. The fourth-order valence-electron chi connectivity index (χ4n) is 4.66. The molecule has 1 heterocycles. The van der Waals surface area contributed by atoms with Crippen LogP contribution in [0.25, 0.3) is 0 Å². The standard InChI is InChI=1S/C23H27FN2/c1-15-12-21(24)16(2)11-19(15)23(3)20-13-18(17-7-5-6-8-17)9-10-22(20)25-14-26(23)4/h9-14,17H,5-8H2,1-4H3. The van der Waals surface area contributed by atoms with Gasteiger partial charge in [0.15, 0.2) is 0 Å². The molecule has 2 nitrogen and oxygen atoms in total. The Morgan fingerprint density at radius 3 is 2.50 bits per heavy atom. The van der Waals surface area contributed by atoms with E-state index in [1.807, 2.05) is 26.3 Å². The number of nitrogens with zero attached hydrogens (tertiary/aromatic N) is 2. The van der Waals surface area contributed by atoms with Crippen LogP contribution >= 0.6 is 0 Å². The second kappa shape index (κ2) is 6.22. The number of hydrogen-bond acceptors (Lipinski definition) is 2. The highest BCUT2D eigenvalue weighted by atomic mass is 19.1. The van der Waals surface area contributed by atoms with Gasteiger partial charge in [0.25, 0.3) is 0 Å². The molecule has 1 atom stereocenters. The van der Waals surface area contributed by atoms with E-state index in [0.29, 0.717) is 11.5 Å². The van der Waals surface area contributed by atoms with E-state index in [1.54, 1.807) is 6.07 Å². The molecule has 2 aliphatic rings. The summed E-state index contributed by atoms with van der Waals surface area (Å²) in [5, 5.41) is 0. The molecule has 3 heteroatoms. The Morgan fingerprint density at radius 2 is 1.77 bits per heavy atom. The Bertz CT molecular complexity index is 880. The summed E-state index contributed by atoms with van der Waals surface area (Å²) in [6, 6.07) is 10.4. The third-order valence-corrected chi connectivity index (χ3v) is 6.48. The molecule has 0 amide bonds. The Hall–Kier alpha value is -2.16. The van der Waals surface area contributed by atoms with Gasteiger partial charge >= 0.3 is 0 Å². The first-order valence-corrected chi connectivity index (χ1v) is 9.60. The summed E-state index contributed by atoms with van der Waals surface area (Å²) >= 11 is 0. The number of benzene rings is 2. The molecule has 2 aromatic carbocycles. The molecule has 136 valence electrons. The summed E-state index contributed by atoms with van der Waals surface area (Å²) in [6.45, 7) is 6.08. The number of halogens is 1. The second-order valence-electron chi connectivity index (χ2n) is 8.10. The topological polar surface area (TPSA) is 15.6 Å². The molecule has 0 bridgehead atoms. The van der Waals surface area contributed by atoms with Crippen LogP contribution in [0.4, 0.5) is 10.1 Å². The van der Waals surface area contributed by atoms with Crippen molar-refractivity contribution in [3.8, 4) is 0 Å². The molecule has 0 N–H and O–H groups in total. The van der Waals surface area contributed by atoms with Gasteiger partial charge in [0.2, 0.25) is 0 Å². The third kappa shape index (κ3) is 2.56. The molecule has 26 heavy (non-hydrogen) atoms. The summed E-state index contributed by atoms with van der Waals surface area (Å²) < 4.78 is 14.1. The average Bonchev–Trinajstić information content (AvgIpc) is 3.16. The number of hydrogen-bond donors (Lipinski definition) is 0. The van der Waals surface area contributed by atoms with Crippen molar-refractivity contribution >= 4 is 12.0 Å². The molecular weight excluding hydrogens is 323 g/mol. The van der Waals surface area contributed by atoms with Gasteiger partial charge < -0.3 is 4.90 Å². The van der Waals surface area contributed by atoms with Crippen LogP contribution in [0.15, 0.2) is 35.3 Å². The minimum absolute atomic E-state index is 0.137. The van der Waals surface area contributed by atoms with Gasteiger partial charge in [-0.1, -0.05) is 31.0 Å². The lowest BCUT2D eigenvalue weighted by Crippen LogP contribution is -2.44. The molecule has 4 rings (SSSR count). The first kappa shape index (κ1) is 17.3. The molecule has 1 aliphatic carbocycles. The Balaban J connectivity index is 1.90. The fraction of sp³-hybridized carbons (Fsp3) is 0.435. The maximum atomic E-state index is 14.1. The molecule has 2 aromatic rings. The highest BCUT2D eigenvalue weighted by Crippen LogP contribution is 2.45. The quantitative estimate of drug-likeness (QED) is 0.651. The van der Waals surface area contributed by atoms with Crippen LogP contribution < -0.4 is 0 Å². The summed E-state index contributed by atoms with van der Waals surface area (Å²) in [7, 11) is 2.06. The smallest absolute Gasteiger partial charge is 0.126 e. The van der Waals surface area contributed by atoms with Crippen molar-refractivity contribution in [1.29, 1.82) is 0 Å². The van der Waals surface area contributed by atoms with E-state index in [-0.39, 0.29) is 11.4 Å². The van der Waals surface area contributed by atoms with E-state index >= 15 is 0 Å². The zero-order chi connectivity index (χ0) is 18.5. The van der Waals surface area contributed by atoms with Gasteiger partial charge in [0.05, 0.1) is 17.6 Å². The molecule has 0 radical (unpaired) electrons. The normalized spacial score (nSPS) is 22.7. The van der Waals surface area contributed by atoms with Gasteiger partial charge in [-0.15, -0.1) is 0 Å². The van der Waals surface area contributed by atoms with E-state index in [4.69, 9.17) is 0 Å². The molecule has 0 saturated heterocycles. The molecular formula is C23H27FN2. The van der Waals surface area contributed by atoms with Crippen molar-refractivity contribution in [1.82, 2.24) is 4.90 Å². The van der Waals surface area contributed by atoms with Gasteiger partial charge in [-0.05, 0) is 73.9 Å². The van der Waals surface area contributed by atoms with Crippen molar-refractivity contribution < 1.29 is 4.39 Å². The third-order valence-electron chi connectivity index (χ3n) is 6.48. The highest BCUT2D eigenvalue weighted by Gasteiger charge is 2.38. The van der Waals surface area contributed by atoms with Crippen molar-refractivity contribution in [2.24, 2.45) is 4.99 Å². The number of rotatable bonds is 2. The largest absolute Gasteiger partial charge is 0.352 e.